The first-order valence-corrected chi connectivity index (χ1v) is 9.93. The molecule has 0 spiro atoms. The first-order valence-electron chi connectivity index (χ1n) is 9.55. The summed E-state index contributed by atoms with van der Waals surface area (Å²) < 4.78 is 0. The SMILES string of the molecule is CCC(=O)N(NC(=O)c1ccc(C)cc1)C1CC(=O)N(c2cc(Cl)ccc2C)C1=O. The van der Waals surface area contributed by atoms with Crippen LogP contribution in [0.25, 0.3) is 0 Å². The number of imide groups is 1. The minimum atomic E-state index is -1.13. The second-order valence-electron chi connectivity index (χ2n) is 7.14. The van der Waals surface area contributed by atoms with Crippen molar-refractivity contribution >= 4 is 40.9 Å². The molecule has 2 aromatic carbocycles. The van der Waals surface area contributed by atoms with Crippen molar-refractivity contribution < 1.29 is 19.2 Å². The van der Waals surface area contributed by atoms with E-state index < -0.39 is 29.7 Å². The number of hydrogen-bond acceptors (Lipinski definition) is 4. The van der Waals surface area contributed by atoms with Gasteiger partial charge >= 0.3 is 0 Å². The number of carbonyl (C=O) groups excluding carboxylic acids is 4. The molecule has 1 saturated heterocycles. The highest BCUT2D eigenvalue weighted by molar-refractivity contribution is 6.31. The van der Waals surface area contributed by atoms with E-state index in [1.807, 2.05) is 6.92 Å². The first kappa shape index (κ1) is 21.5. The number of rotatable bonds is 4. The Hall–Kier alpha value is -3.19. The summed E-state index contributed by atoms with van der Waals surface area (Å²) in [5, 5.41) is 1.36. The molecule has 0 aliphatic carbocycles. The van der Waals surface area contributed by atoms with Crippen molar-refractivity contribution in [3.05, 3.63) is 64.2 Å². The smallest absolute Gasteiger partial charge is 0.269 e. The molecule has 1 atom stereocenters. The van der Waals surface area contributed by atoms with Crippen LogP contribution in [0.1, 0.15) is 41.3 Å². The molecule has 1 heterocycles. The molecule has 8 heteroatoms. The minimum Gasteiger partial charge on any atom is -0.274 e. The van der Waals surface area contributed by atoms with Gasteiger partial charge in [-0.2, -0.15) is 0 Å². The van der Waals surface area contributed by atoms with Gasteiger partial charge in [-0.3, -0.25) is 24.6 Å². The molecule has 4 amide bonds. The molecule has 1 aliphatic rings. The fourth-order valence-electron chi connectivity index (χ4n) is 3.26. The van der Waals surface area contributed by atoms with Crippen LogP contribution in [0.4, 0.5) is 5.69 Å². The molecule has 30 heavy (non-hydrogen) atoms. The number of halogens is 1. The molecular formula is C22H22ClN3O4. The molecule has 2 aromatic rings. The Balaban J connectivity index is 1.89. The molecule has 1 fully saturated rings. The highest BCUT2D eigenvalue weighted by Crippen LogP contribution is 2.30. The third-order valence-corrected chi connectivity index (χ3v) is 5.19. The summed E-state index contributed by atoms with van der Waals surface area (Å²) >= 11 is 6.04. The lowest BCUT2D eigenvalue weighted by atomic mass is 10.1. The summed E-state index contributed by atoms with van der Waals surface area (Å²) in [4.78, 5) is 52.0. The van der Waals surface area contributed by atoms with Crippen LogP contribution in [0, 0.1) is 13.8 Å². The summed E-state index contributed by atoms with van der Waals surface area (Å²) in [5.41, 5.74) is 4.90. The largest absolute Gasteiger partial charge is 0.274 e. The molecule has 0 radical (unpaired) electrons. The van der Waals surface area contributed by atoms with E-state index >= 15 is 0 Å². The van der Waals surface area contributed by atoms with Gasteiger partial charge in [0.1, 0.15) is 6.04 Å². The summed E-state index contributed by atoms with van der Waals surface area (Å²) in [6.45, 7) is 5.27. The Morgan fingerprint density at radius 1 is 1.13 bits per heavy atom. The molecule has 0 bridgehead atoms. The fourth-order valence-corrected chi connectivity index (χ4v) is 3.42. The minimum absolute atomic E-state index is 0.0579. The third-order valence-electron chi connectivity index (χ3n) is 4.95. The number of amides is 4. The molecule has 7 nitrogen and oxygen atoms in total. The summed E-state index contributed by atoms with van der Waals surface area (Å²) in [6, 6.07) is 10.6. The van der Waals surface area contributed by atoms with E-state index in [9.17, 15) is 19.2 Å². The Morgan fingerprint density at radius 2 is 1.80 bits per heavy atom. The van der Waals surface area contributed by atoms with Gasteiger partial charge in [0.25, 0.3) is 11.8 Å². The zero-order valence-electron chi connectivity index (χ0n) is 16.9. The van der Waals surface area contributed by atoms with Crippen molar-refractivity contribution in [3.8, 4) is 0 Å². The molecular weight excluding hydrogens is 406 g/mol. The lowest BCUT2D eigenvalue weighted by Crippen LogP contribution is -2.54. The standard InChI is InChI=1S/C22H22ClN3O4/c1-4-19(27)26(24-21(29)15-8-5-13(2)6-9-15)18-12-20(28)25(22(18)30)17-11-16(23)10-7-14(17)3/h5-11,18H,4,12H2,1-3H3,(H,24,29). The number of benzene rings is 2. The number of hydrogen-bond donors (Lipinski definition) is 1. The fraction of sp³-hybridized carbons (Fsp3) is 0.273. The Kier molecular flexibility index (Phi) is 6.22. The Labute approximate surface area is 179 Å². The topological polar surface area (TPSA) is 86.8 Å². The molecule has 3 rings (SSSR count). The number of carbonyl (C=O) groups is 4. The number of aryl methyl sites for hydroxylation is 2. The summed E-state index contributed by atoms with van der Waals surface area (Å²) in [7, 11) is 0. The summed E-state index contributed by atoms with van der Waals surface area (Å²) in [6.07, 6.45) is -0.174. The van der Waals surface area contributed by atoms with Crippen molar-refractivity contribution in [1.29, 1.82) is 0 Å². The van der Waals surface area contributed by atoms with Gasteiger partial charge in [-0.15, -0.1) is 0 Å². The Bertz CT molecular complexity index is 1020. The van der Waals surface area contributed by atoms with Gasteiger partial charge in [-0.1, -0.05) is 42.3 Å². The van der Waals surface area contributed by atoms with Crippen LogP contribution in [0.2, 0.25) is 5.02 Å². The highest BCUT2D eigenvalue weighted by Gasteiger charge is 2.45. The second kappa shape index (κ2) is 8.67. The quantitative estimate of drug-likeness (QED) is 0.599. The van der Waals surface area contributed by atoms with Crippen LogP contribution in [0.15, 0.2) is 42.5 Å². The third kappa shape index (κ3) is 4.21. The number of hydrazine groups is 1. The number of nitrogens with one attached hydrogen (secondary N) is 1. The van der Waals surface area contributed by atoms with E-state index in [1.54, 1.807) is 50.2 Å². The lowest BCUT2D eigenvalue weighted by molar-refractivity contribution is -0.140. The van der Waals surface area contributed by atoms with Gasteiger partial charge in [0, 0.05) is 17.0 Å². The predicted octanol–water partition coefficient (Wildman–Crippen LogP) is 3.17. The maximum absolute atomic E-state index is 13.1. The average molecular weight is 428 g/mol. The Morgan fingerprint density at radius 3 is 2.43 bits per heavy atom. The molecule has 0 aromatic heterocycles. The predicted molar refractivity (Wildman–Crippen MR) is 113 cm³/mol. The second-order valence-corrected chi connectivity index (χ2v) is 7.58. The molecule has 156 valence electrons. The van der Waals surface area contributed by atoms with Gasteiger partial charge in [0.15, 0.2) is 0 Å². The van der Waals surface area contributed by atoms with Crippen molar-refractivity contribution in [2.75, 3.05) is 4.90 Å². The van der Waals surface area contributed by atoms with E-state index in [2.05, 4.69) is 5.43 Å². The highest BCUT2D eigenvalue weighted by atomic mass is 35.5. The van der Waals surface area contributed by atoms with Crippen LogP contribution in [-0.2, 0) is 14.4 Å². The zero-order valence-corrected chi connectivity index (χ0v) is 17.7. The normalized spacial score (nSPS) is 16.0. The monoisotopic (exact) mass is 427 g/mol. The van der Waals surface area contributed by atoms with E-state index in [-0.39, 0.29) is 12.8 Å². The zero-order chi connectivity index (χ0) is 22.0. The van der Waals surface area contributed by atoms with Gasteiger partial charge in [0.2, 0.25) is 11.8 Å². The van der Waals surface area contributed by atoms with Crippen molar-refractivity contribution in [2.45, 2.75) is 39.7 Å². The van der Waals surface area contributed by atoms with Crippen LogP contribution >= 0.6 is 11.6 Å². The molecule has 0 saturated carbocycles. The molecule has 1 aliphatic heterocycles. The van der Waals surface area contributed by atoms with Gasteiger partial charge in [-0.05, 0) is 43.7 Å². The maximum atomic E-state index is 13.1. The van der Waals surface area contributed by atoms with Crippen LogP contribution in [0.5, 0.6) is 0 Å². The molecule has 1 unspecified atom stereocenters. The van der Waals surface area contributed by atoms with Gasteiger partial charge < -0.3 is 0 Å². The summed E-state index contributed by atoms with van der Waals surface area (Å²) in [5.74, 6) is -2.05. The number of nitrogens with zero attached hydrogens (tertiary/aromatic N) is 2. The van der Waals surface area contributed by atoms with E-state index in [1.165, 1.54) is 6.07 Å². The van der Waals surface area contributed by atoms with Crippen molar-refractivity contribution in [1.82, 2.24) is 10.4 Å². The van der Waals surface area contributed by atoms with Crippen molar-refractivity contribution in [2.24, 2.45) is 0 Å². The maximum Gasteiger partial charge on any atom is 0.269 e. The van der Waals surface area contributed by atoms with E-state index in [0.717, 1.165) is 15.5 Å². The van der Waals surface area contributed by atoms with Crippen LogP contribution in [-0.4, -0.2) is 34.7 Å². The van der Waals surface area contributed by atoms with E-state index in [4.69, 9.17) is 11.6 Å². The molecule has 1 N–H and O–H groups in total. The van der Waals surface area contributed by atoms with Crippen LogP contribution in [0.3, 0.4) is 0 Å². The van der Waals surface area contributed by atoms with Gasteiger partial charge in [-0.25, -0.2) is 9.91 Å². The van der Waals surface area contributed by atoms with Crippen molar-refractivity contribution in [3.63, 3.8) is 0 Å². The van der Waals surface area contributed by atoms with Crippen LogP contribution < -0.4 is 10.3 Å². The van der Waals surface area contributed by atoms with Gasteiger partial charge in [0.05, 0.1) is 12.1 Å². The lowest BCUT2D eigenvalue weighted by Gasteiger charge is -2.27. The average Bonchev–Trinajstić information content (AvgIpc) is 3.01. The number of anilines is 1. The first-order chi connectivity index (χ1) is 14.2. The van der Waals surface area contributed by atoms with E-state index in [0.29, 0.717) is 21.8 Å².